The number of para-hydroxylation sites is 1. The number of aromatic nitrogens is 1. The summed E-state index contributed by atoms with van der Waals surface area (Å²) < 4.78 is 0. The van der Waals surface area contributed by atoms with Crippen molar-refractivity contribution in [1.82, 2.24) is 4.98 Å². The number of nitrogens with zero attached hydrogens (tertiary/aromatic N) is 1. The topological polar surface area (TPSA) is 102 Å². The monoisotopic (exact) mass is 295 g/mol. The van der Waals surface area contributed by atoms with Crippen molar-refractivity contribution in [3.63, 3.8) is 0 Å². The van der Waals surface area contributed by atoms with Gasteiger partial charge in [-0.25, -0.2) is 0 Å². The van der Waals surface area contributed by atoms with Gasteiger partial charge in [0.25, 0.3) is 5.69 Å². The fourth-order valence-electron chi connectivity index (χ4n) is 2.51. The summed E-state index contributed by atoms with van der Waals surface area (Å²) in [4.78, 5) is 26.4. The van der Waals surface area contributed by atoms with E-state index in [1.165, 1.54) is 12.1 Å². The molecule has 1 aliphatic carbocycles. The molecule has 22 heavy (non-hydrogen) atoms. The zero-order chi connectivity index (χ0) is 15.9. The molecule has 1 aromatic rings. The van der Waals surface area contributed by atoms with Crippen LogP contribution >= 0.6 is 0 Å². The molecule has 110 valence electrons. The summed E-state index contributed by atoms with van der Waals surface area (Å²) in [5.74, 6) is 0. The fraction of sp³-hybridized carbons (Fsp3) is 0.0625. The number of hydrogen-bond donors (Lipinski definition) is 2. The van der Waals surface area contributed by atoms with Crippen molar-refractivity contribution >= 4 is 16.6 Å². The van der Waals surface area contributed by atoms with Crippen LogP contribution in [0.4, 0.5) is 5.69 Å². The lowest BCUT2D eigenvalue weighted by atomic mass is 9.97. The van der Waals surface area contributed by atoms with E-state index < -0.39 is 11.0 Å². The van der Waals surface area contributed by atoms with Crippen molar-refractivity contribution < 1.29 is 4.92 Å². The van der Waals surface area contributed by atoms with Crippen LogP contribution in [0.1, 0.15) is 11.6 Å². The SMILES string of the molecule is C=CC(N)c1cc([N+](=O)[O-])c2[nH]c3ccccc3cc-2c1=O. The highest BCUT2D eigenvalue weighted by atomic mass is 16.6. The molecule has 6 nitrogen and oxygen atoms in total. The van der Waals surface area contributed by atoms with E-state index in [9.17, 15) is 14.9 Å². The Hall–Kier alpha value is -2.99. The molecule has 1 atom stereocenters. The van der Waals surface area contributed by atoms with E-state index in [0.717, 1.165) is 10.9 Å². The minimum Gasteiger partial charge on any atom is -0.349 e. The molecular formula is C16H13N3O3. The first-order chi connectivity index (χ1) is 10.5. The fourth-order valence-corrected chi connectivity index (χ4v) is 2.51. The second-order valence-corrected chi connectivity index (χ2v) is 4.98. The molecule has 3 N–H and O–H groups in total. The van der Waals surface area contributed by atoms with Gasteiger partial charge >= 0.3 is 0 Å². The molecular weight excluding hydrogens is 282 g/mol. The van der Waals surface area contributed by atoms with Crippen molar-refractivity contribution in [2.75, 3.05) is 0 Å². The number of aromatic amines is 1. The highest BCUT2D eigenvalue weighted by molar-refractivity contribution is 5.88. The minimum atomic E-state index is -0.748. The lowest BCUT2D eigenvalue weighted by Gasteiger charge is -2.12. The van der Waals surface area contributed by atoms with E-state index >= 15 is 0 Å². The molecule has 0 bridgehead atoms. The Morgan fingerprint density at radius 3 is 2.73 bits per heavy atom. The molecule has 1 aliphatic heterocycles. The Bertz CT molecular complexity index is 930. The van der Waals surface area contributed by atoms with Gasteiger partial charge in [-0.2, -0.15) is 0 Å². The predicted molar refractivity (Wildman–Crippen MR) is 85.0 cm³/mol. The first-order valence-corrected chi connectivity index (χ1v) is 6.64. The Morgan fingerprint density at radius 2 is 2.05 bits per heavy atom. The van der Waals surface area contributed by atoms with Gasteiger partial charge in [0.05, 0.1) is 16.5 Å². The third kappa shape index (κ3) is 2.06. The van der Waals surface area contributed by atoms with E-state index in [4.69, 9.17) is 5.73 Å². The largest absolute Gasteiger partial charge is 0.349 e. The zero-order valence-electron chi connectivity index (χ0n) is 11.6. The highest BCUT2D eigenvalue weighted by Crippen LogP contribution is 2.32. The Kier molecular flexibility index (Phi) is 3.23. The normalized spacial score (nSPS) is 12.4. The number of nitrogens with two attached hydrogens (primary N) is 1. The molecule has 0 saturated heterocycles. The maximum absolute atomic E-state index is 12.6. The first-order valence-electron chi connectivity index (χ1n) is 6.64. The standard InChI is InChI=1S/C16H13N3O3/c1-2-12(17)10-8-14(19(21)22)15-11(16(10)20)7-9-5-3-4-6-13(9)18-15/h2-8,12,18H,1,17H2. The number of nitro groups is 1. The minimum absolute atomic E-state index is 0.165. The van der Waals surface area contributed by atoms with Gasteiger partial charge in [-0.15, -0.1) is 6.58 Å². The van der Waals surface area contributed by atoms with Crippen LogP contribution in [0.5, 0.6) is 0 Å². The van der Waals surface area contributed by atoms with Crippen molar-refractivity contribution in [3.05, 3.63) is 75.0 Å². The number of benzene rings is 2. The van der Waals surface area contributed by atoms with Crippen molar-refractivity contribution in [3.8, 4) is 11.3 Å². The van der Waals surface area contributed by atoms with Gasteiger partial charge in [-0.05, 0) is 17.5 Å². The molecule has 1 unspecified atom stereocenters. The van der Waals surface area contributed by atoms with Gasteiger partial charge in [0, 0.05) is 17.1 Å². The van der Waals surface area contributed by atoms with Gasteiger partial charge in [0.2, 0.25) is 0 Å². The van der Waals surface area contributed by atoms with E-state index in [1.54, 1.807) is 12.1 Å². The molecule has 3 rings (SSSR count). The van der Waals surface area contributed by atoms with E-state index in [2.05, 4.69) is 11.6 Å². The Labute approximate surface area is 125 Å². The predicted octanol–water partition coefficient (Wildman–Crippen LogP) is 2.73. The van der Waals surface area contributed by atoms with Crippen molar-refractivity contribution in [2.45, 2.75) is 6.04 Å². The van der Waals surface area contributed by atoms with Crippen LogP contribution in [0.25, 0.3) is 22.2 Å². The second kappa shape index (κ2) is 5.09. The van der Waals surface area contributed by atoms with Gasteiger partial charge < -0.3 is 10.7 Å². The van der Waals surface area contributed by atoms with Gasteiger partial charge in [0.1, 0.15) is 5.69 Å². The number of H-pyrrole nitrogens is 1. The molecule has 0 aromatic heterocycles. The van der Waals surface area contributed by atoms with E-state index in [-0.39, 0.29) is 27.9 Å². The lowest BCUT2D eigenvalue weighted by molar-refractivity contribution is -0.384. The summed E-state index contributed by atoms with van der Waals surface area (Å²) in [6.07, 6.45) is 1.39. The molecule has 0 saturated carbocycles. The van der Waals surface area contributed by atoms with Gasteiger partial charge in [-0.3, -0.25) is 14.9 Å². The number of hydrogen-bond acceptors (Lipinski definition) is 4. The maximum atomic E-state index is 12.6. The Morgan fingerprint density at radius 1 is 1.32 bits per heavy atom. The molecule has 0 amide bonds. The average Bonchev–Trinajstić information content (AvgIpc) is 2.53. The number of fused-ring (bicyclic) bond motifs is 2. The van der Waals surface area contributed by atoms with Crippen LogP contribution in [0.2, 0.25) is 0 Å². The number of nitro benzene ring substituents is 1. The molecule has 2 aliphatic rings. The number of nitrogens with one attached hydrogen (secondary N) is 1. The third-order valence-electron chi connectivity index (χ3n) is 3.65. The van der Waals surface area contributed by atoms with E-state index in [1.807, 2.05) is 18.2 Å². The molecule has 0 fully saturated rings. The molecule has 0 radical (unpaired) electrons. The number of pyridine rings is 1. The summed E-state index contributed by atoms with van der Waals surface area (Å²) in [6, 6.07) is 9.40. The van der Waals surface area contributed by atoms with Crippen molar-refractivity contribution in [1.29, 1.82) is 0 Å². The van der Waals surface area contributed by atoms with Crippen LogP contribution in [0, 0.1) is 10.1 Å². The highest BCUT2D eigenvalue weighted by Gasteiger charge is 2.25. The summed E-state index contributed by atoms with van der Waals surface area (Å²) in [5, 5.41) is 12.1. The lowest BCUT2D eigenvalue weighted by Crippen LogP contribution is -2.21. The second-order valence-electron chi connectivity index (χ2n) is 4.98. The summed E-state index contributed by atoms with van der Waals surface area (Å²) >= 11 is 0. The quantitative estimate of drug-likeness (QED) is 0.335. The van der Waals surface area contributed by atoms with Crippen molar-refractivity contribution in [2.24, 2.45) is 5.73 Å². The number of rotatable bonds is 3. The van der Waals surface area contributed by atoms with Gasteiger partial charge in [0.15, 0.2) is 5.43 Å². The first kappa shape index (κ1) is 14.0. The summed E-state index contributed by atoms with van der Waals surface area (Å²) in [7, 11) is 0. The maximum Gasteiger partial charge on any atom is 0.293 e. The molecule has 1 heterocycles. The smallest absolute Gasteiger partial charge is 0.293 e. The van der Waals surface area contributed by atoms with Crippen LogP contribution < -0.4 is 11.2 Å². The zero-order valence-corrected chi connectivity index (χ0v) is 11.6. The average molecular weight is 295 g/mol. The van der Waals surface area contributed by atoms with Crippen LogP contribution in [-0.2, 0) is 0 Å². The summed E-state index contributed by atoms with van der Waals surface area (Å²) in [5.41, 5.74) is 6.66. The van der Waals surface area contributed by atoms with Gasteiger partial charge in [-0.1, -0.05) is 24.3 Å². The van der Waals surface area contributed by atoms with Crippen LogP contribution in [0.3, 0.4) is 0 Å². The molecule has 6 heteroatoms. The third-order valence-corrected chi connectivity index (χ3v) is 3.65. The van der Waals surface area contributed by atoms with Crippen LogP contribution in [-0.4, -0.2) is 9.91 Å². The van der Waals surface area contributed by atoms with E-state index in [0.29, 0.717) is 0 Å². The summed E-state index contributed by atoms with van der Waals surface area (Å²) in [6.45, 7) is 3.54. The molecule has 0 spiro atoms. The van der Waals surface area contributed by atoms with Crippen LogP contribution in [0.15, 0.2) is 53.8 Å². The Balaban J connectivity index is 2.49. The molecule has 1 aromatic carbocycles.